The normalized spacial score (nSPS) is 13.6. The number of carbonyl (C=O) groups excluding carboxylic acids is 1. The quantitative estimate of drug-likeness (QED) is 0.732. The van der Waals surface area contributed by atoms with E-state index in [0.29, 0.717) is 17.7 Å². The number of nitrogens with one attached hydrogen (secondary N) is 2. The first-order valence-electron chi connectivity index (χ1n) is 6.30. The van der Waals surface area contributed by atoms with Crippen molar-refractivity contribution in [2.24, 2.45) is 5.41 Å². The van der Waals surface area contributed by atoms with Crippen molar-refractivity contribution < 1.29 is 14.7 Å². The lowest BCUT2D eigenvalue weighted by Crippen LogP contribution is -2.42. The maximum absolute atomic E-state index is 12.1. The zero-order chi connectivity index (χ0) is 15.5. The van der Waals surface area contributed by atoms with Crippen LogP contribution < -0.4 is 10.9 Å². The number of hydrogen-bond donors (Lipinski definition) is 3. The van der Waals surface area contributed by atoms with Gasteiger partial charge in [-0.2, -0.15) is 5.10 Å². The van der Waals surface area contributed by atoms with Crippen molar-refractivity contribution in [3.8, 4) is 0 Å². The molecule has 1 amide bonds. The summed E-state index contributed by atoms with van der Waals surface area (Å²) in [6.07, 6.45) is 0.368. The van der Waals surface area contributed by atoms with Gasteiger partial charge in [0.25, 0.3) is 11.5 Å². The van der Waals surface area contributed by atoms with E-state index in [-0.39, 0.29) is 12.1 Å². The largest absolute Gasteiger partial charge is 0.481 e. The van der Waals surface area contributed by atoms with Crippen LogP contribution in [0.25, 0.3) is 0 Å². The topological polar surface area (TPSA) is 112 Å². The van der Waals surface area contributed by atoms with E-state index >= 15 is 0 Å². The molecule has 3 N–H and O–H groups in total. The van der Waals surface area contributed by atoms with E-state index in [2.05, 4.69) is 15.5 Å². The Bertz CT molecular complexity index is 594. The molecule has 7 heteroatoms. The Morgan fingerprint density at radius 1 is 1.40 bits per heavy atom. The summed E-state index contributed by atoms with van der Waals surface area (Å²) in [6, 6.07) is 0. The van der Waals surface area contributed by atoms with Crippen molar-refractivity contribution in [3.63, 3.8) is 0 Å². The van der Waals surface area contributed by atoms with E-state index in [0.717, 1.165) is 0 Å². The molecule has 0 aliphatic heterocycles. The SMILES string of the molecule is CCC(C)(CNC(=O)c1c(C)c(C)n[nH]c1=O)C(=O)O. The van der Waals surface area contributed by atoms with E-state index in [1.54, 1.807) is 27.7 Å². The molecule has 0 aliphatic rings. The van der Waals surface area contributed by atoms with Crippen LogP contribution in [0.15, 0.2) is 4.79 Å². The van der Waals surface area contributed by atoms with Gasteiger partial charge in [0.05, 0.1) is 11.1 Å². The number of carbonyl (C=O) groups is 2. The highest BCUT2D eigenvalue weighted by Gasteiger charge is 2.32. The Labute approximate surface area is 116 Å². The highest BCUT2D eigenvalue weighted by atomic mass is 16.4. The van der Waals surface area contributed by atoms with Gasteiger partial charge in [0, 0.05) is 6.54 Å². The van der Waals surface area contributed by atoms with Crippen LogP contribution in [0.2, 0.25) is 0 Å². The molecule has 0 radical (unpaired) electrons. The van der Waals surface area contributed by atoms with Crippen LogP contribution in [0.3, 0.4) is 0 Å². The summed E-state index contributed by atoms with van der Waals surface area (Å²) < 4.78 is 0. The lowest BCUT2D eigenvalue weighted by Gasteiger charge is -2.23. The molecule has 1 aromatic rings. The maximum Gasteiger partial charge on any atom is 0.311 e. The molecule has 1 aromatic heterocycles. The Morgan fingerprint density at radius 2 is 2.00 bits per heavy atom. The molecule has 110 valence electrons. The number of amides is 1. The molecule has 0 spiro atoms. The molecular formula is C13H19N3O4. The average molecular weight is 281 g/mol. The number of rotatable bonds is 5. The second kappa shape index (κ2) is 5.85. The highest BCUT2D eigenvalue weighted by Crippen LogP contribution is 2.20. The van der Waals surface area contributed by atoms with E-state index in [1.807, 2.05) is 0 Å². The summed E-state index contributed by atoms with van der Waals surface area (Å²) in [6.45, 7) is 6.54. The fraction of sp³-hybridized carbons (Fsp3) is 0.538. The molecule has 0 bridgehead atoms. The van der Waals surface area contributed by atoms with Gasteiger partial charge in [-0.25, -0.2) is 5.10 Å². The van der Waals surface area contributed by atoms with Crippen molar-refractivity contribution >= 4 is 11.9 Å². The van der Waals surface area contributed by atoms with Gasteiger partial charge in [-0.05, 0) is 32.8 Å². The Morgan fingerprint density at radius 3 is 2.50 bits per heavy atom. The zero-order valence-electron chi connectivity index (χ0n) is 12.0. The standard InChI is InChI=1S/C13H19N3O4/c1-5-13(4,12(19)20)6-14-10(17)9-7(2)8(3)15-16-11(9)18/h5-6H2,1-4H3,(H,14,17)(H,16,18)(H,19,20). The minimum atomic E-state index is -1.06. The van der Waals surface area contributed by atoms with Gasteiger partial charge >= 0.3 is 5.97 Å². The number of aromatic amines is 1. The molecule has 0 fully saturated rings. The van der Waals surface area contributed by atoms with E-state index in [4.69, 9.17) is 5.11 Å². The Kier molecular flexibility index (Phi) is 4.65. The summed E-state index contributed by atoms with van der Waals surface area (Å²) in [5.74, 6) is -1.58. The van der Waals surface area contributed by atoms with Crippen LogP contribution in [0.5, 0.6) is 0 Å². The zero-order valence-corrected chi connectivity index (χ0v) is 12.0. The third-order valence-corrected chi connectivity index (χ3v) is 3.63. The fourth-order valence-electron chi connectivity index (χ4n) is 1.61. The fourth-order valence-corrected chi connectivity index (χ4v) is 1.61. The van der Waals surface area contributed by atoms with Crippen molar-refractivity contribution in [2.45, 2.75) is 34.1 Å². The van der Waals surface area contributed by atoms with Gasteiger partial charge in [0.1, 0.15) is 5.56 Å². The highest BCUT2D eigenvalue weighted by molar-refractivity contribution is 5.95. The number of H-pyrrole nitrogens is 1. The van der Waals surface area contributed by atoms with Crippen LogP contribution >= 0.6 is 0 Å². The first kappa shape index (κ1) is 15.9. The molecule has 1 heterocycles. The molecule has 0 aliphatic carbocycles. The van der Waals surface area contributed by atoms with Crippen molar-refractivity contribution in [1.82, 2.24) is 15.5 Å². The Hall–Kier alpha value is -2.18. The molecule has 1 rings (SSSR count). The van der Waals surface area contributed by atoms with Crippen LogP contribution in [0.4, 0.5) is 0 Å². The Balaban J connectivity index is 2.97. The predicted octanol–water partition coefficient (Wildman–Crippen LogP) is 0.617. The molecule has 0 saturated carbocycles. The maximum atomic E-state index is 12.1. The summed E-state index contributed by atoms with van der Waals surface area (Å²) in [5, 5.41) is 17.7. The lowest BCUT2D eigenvalue weighted by molar-refractivity contribution is -0.147. The first-order valence-corrected chi connectivity index (χ1v) is 6.30. The molecule has 0 aromatic carbocycles. The van der Waals surface area contributed by atoms with Crippen LogP contribution in [0.1, 0.15) is 41.9 Å². The third kappa shape index (κ3) is 3.04. The summed E-state index contributed by atoms with van der Waals surface area (Å²) in [7, 11) is 0. The van der Waals surface area contributed by atoms with E-state index in [9.17, 15) is 14.4 Å². The number of aryl methyl sites for hydroxylation is 1. The second-order valence-electron chi connectivity index (χ2n) is 5.04. The number of aliphatic carboxylic acids is 1. The number of carboxylic acids is 1. The average Bonchev–Trinajstić information content (AvgIpc) is 2.40. The van der Waals surface area contributed by atoms with Crippen LogP contribution in [-0.2, 0) is 4.79 Å². The second-order valence-corrected chi connectivity index (χ2v) is 5.04. The van der Waals surface area contributed by atoms with Gasteiger partial charge < -0.3 is 10.4 Å². The van der Waals surface area contributed by atoms with Gasteiger partial charge in [-0.1, -0.05) is 6.92 Å². The summed E-state index contributed by atoms with van der Waals surface area (Å²) in [4.78, 5) is 34.9. The summed E-state index contributed by atoms with van der Waals surface area (Å²) >= 11 is 0. The molecule has 7 nitrogen and oxygen atoms in total. The lowest BCUT2D eigenvalue weighted by atomic mass is 9.87. The monoisotopic (exact) mass is 281 g/mol. The van der Waals surface area contributed by atoms with Gasteiger partial charge in [-0.15, -0.1) is 0 Å². The number of hydrogen-bond acceptors (Lipinski definition) is 4. The van der Waals surface area contributed by atoms with Gasteiger partial charge in [0.2, 0.25) is 0 Å². The smallest absolute Gasteiger partial charge is 0.311 e. The molecule has 0 saturated heterocycles. The minimum absolute atomic E-state index is 0.0265. The molecular weight excluding hydrogens is 262 g/mol. The van der Waals surface area contributed by atoms with Crippen LogP contribution in [-0.4, -0.2) is 33.7 Å². The van der Waals surface area contributed by atoms with Crippen molar-refractivity contribution in [3.05, 3.63) is 27.2 Å². The summed E-state index contributed by atoms with van der Waals surface area (Å²) in [5.41, 5.74) is -0.634. The van der Waals surface area contributed by atoms with Gasteiger partial charge in [0.15, 0.2) is 0 Å². The molecule has 20 heavy (non-hydrogen) atoms. The van der Waals surface area contributed by atoms with Crippen molar-refractivity contribution in [1.29, 1.82) is 0 Å². The van der Waals surface area contributed by atoms with Crippen molar-refractivity contribution in [2.75, 3.05) is 6.54 Å². The number of aromatic nitrogens is 2. The molecule has 1 atom stereocenters. The van der Waals surface area contributed by atoms with Gasteiger partial charge in [-0.3, -0.25) is 14.4 Å². The first-order chi connectivity index (χ1) is 9.23. The van der Waals surface area contributed by atoms with Crippen LogP contribution in [0, 0.1) is 19.3 Å². The minimum Gasteiger partial charge on any atom is -0.481 e. The predicted molar refractivity (Wildman–Crippen MR) is 72.7 cm³/mol. The number of nitrogens with zero attached hydrogens (tertiary/aromatic N) is 1. The van der Waals surface area contributed by atoms with E-state index < -0.39 is 22.9 Å². The third-order valence-electron chi connectivity index (χ3n) is 3.63. The van der Waals surface area contributed by atoms with E-state index in [1.165, 1.54) is 0 Å². The molecule has 1 unspecified atom stereocenters. The number of carboxylic acid groups (broad SMARTS) is 1.